The first-order chi connectivity index (χ1) is 12.1. The van der Waals surface area contributed by atoms with Gasteiger partial charge in [0.1, 0.15) is 29.6 Å². The SMILES string of the molecule is CCC[N+]1(C)CCCC(Oc2ccc3c(c2)oc2cc(Cl)ccc23)C1. The number of likely N-dealkylation sites (N-methyl/N-ethyl adjacent to an activating group) is 1. The van der Waals surface area contributed by atoms with Gasteiger partial charge in [-0.05, 0) is 37.1 Å². The van der Waals surface area contributed by atoms with Crippen molar-refractivity contribution in [1.29, 1.82) is 0 Å². The number of likely N-dealkylation sites (tertiary alicyclic amines) is 1. The first-order valence-electron chi connectivity index (χ1n) is 9.18. The lowest BCUT2D eigenvalue weighted by Crippen LogP contribution is -2.54. The number of rotatable bonds is 4. The summed E-state index contributed by atoms with van der Waals surface area (Å²) >= 11 is 6.07. The number of hydrogen-bond donors (Lipinski definition) is 0. The van der Waals surface area contributed by atoms with E-state index in [-0.39, 0.29) is 6.10 Å². The lowest BCUT2D eigenvalue weighted by atomic mass is 10.1. The largest absolute Gasteiger partial charge is 0.484 e. The second-order valence-corrected chi connectivity index (χ2v) is 7.97. The number of halogens is 1. The van der Waals surface area contributed by atoms with E-state index in [1.165, 1.54) is 25.9 Å². The first-order valence-corrected chi connectivity index (χ1v) is 9.56. The third-order valence-electron chi connectivity index (χ3n) is 5.34. The molecule has 132 valence electrons. The summed E-state index contributed by atoms with van der Waals surface area (Å²) in [6, 6.07) is 11.9. The van der Waals surface area contributed by atoms with Crippen molar-refractivity contribution in [2.45, 2.75) is 32.3 Å². The second kappa shape index (κ2) is 6.54. The number of furan rings is 1. The zero-order valence-corrected chi connectivity index (χ0v) is 15.7. The molecule has 0 amide bonds. The van der Waals surface area contributed by atoms with Crippen LogP contribution in [0.5, 0.6) is 5.75 Å². The maximum atomic E-state index is 6.32. The van der Waals surface area contributed by atoms with E-state index in [4.69, 9.17) is 20.8 Å². The molecular formula is C21H25ClNO2+. The van der Waals surface area contributed by atoms with Crippen LogP contribution < -0.4 is 4.74 Å². The molecule has 0 radical (unpaired) electrons. The van der Waals surface area contributed by atoms with Crippen LogP contribution in [0.1, 0.15) is 26.2 Å². The van der Waals surface area contributed by atoms with Gasteiger partial charge in [0.2, 0.25) is 0 Å². The summed E-state index contributed by atoms with van der Waals surface area (Å²) in [5, 5.41) is 2.89. The van der Waals surface area contributed by atoms with Crippen LogP contribution in [0, 0.1) is 0 Å². The molecule has 1 aliphatic rings. The average molecular weight is 359 g/mol. The van der Waals surface area contributed by atoms with Gasteiger partial charge in [-0.15, -0.1) is 0 Å². The molecule has 2 atom stereocenters. The first kappa shape index (κ1) is 16.7. The third kappa shape index (κ3) is 3.36. The summed E-state index contributed by atoms with van der Waals surface area (Å²) in [5.41, 5.74) is 1.68. The minimum absolute atomic E-state index is 0.279. The van der Waals surface area contributed by atoms with Crippen LogP contribution in [0.3, 0.4) is 0 Å². The Balaban J connectivity index is 1.58. The quantitative estimate of drug-likeness (QED) is 0.563. The highest BCUT2D eigenvalue weighted by Crippen LogP contribution is 2.33. The van der Waals surface area contributed by atoms with E-state index in [1.54, 1.807) is 0 Å². The Kier molecular flexibility index (Phi) is 4.38. The molecule has 1 fully saturated rings. The Morgan fingerprint density at radius 2 is 1.92 bits per heavy atom. The molecule has 4 rings (SSSR count). The van der Waals surface area contributed by atoms with Crippen LogP contribution in [-0.4, -0.2) is 37.3 Å². The average Bonchev–Trinajstić information content (AvgIpc) is 2.91. The predicted octanol–water partition coefficient (Wildman–Crippen LogP) is 5.64. The smallest absolute Gasteiger partial charge is 0.148 e. The molecule has 2 unspecified atom stereocenters. The van der Waals surface area contributed by atoms with Gasteiger partial charge in [0.15, 0.2) is 0 Å². The molecule has 0 aliphatic carbocycles. The molecule has 1 aromatic heterocycles. The topological polar surface area (TPSA) is 22.4 Å². The Morgan fingerprint density at radius 3 is 2.72 bits per heavy atom. The number of hydrogen-bond acceptors (Lipinski definition) is 2. The molecule has 25 heavy (non-hydrogen) atoms. The number of ether oxygens (including phenoxy) is 1. The third-order valence-corrected chi connectivity index (χ3v) is 5.58. The van der Waals surface area contributed by atoms with Crippen molar-refractivity contribution in [3.05, 3.63) is 41.4 Å². The van der Waals surface area contributed by atoms with Gasteiger partial charge in [0, 0.05) is 34.3 Å². The zero-order chi connectivity index (χ0) is 17.4. The highest BCUT2D eigenvalue weighted by Gasteiger charge is 2.31. The summed E-state index contributed by atoms with van der Waals surface area (Å²) in [6.07, 6.45) is 3.86. The fraction of sp³-hybridized carbons (Fsp3) is 0.429. The predicted molar refractivity (Wildman–Crippen MR) is 103 cm³/mol. The summed E-state index contributed by atoms with van der Waals surface area (Å²) in [7, 11) is 2.35. The Bertz CT molecular complexity index is 899. The van der Waals surface area contributed by atoms with Crippen molar-refractivity contribution in [3.8, 4) is 5.75 Å². The summed E-state index contributed by atoms with van der Waals surface area (Å²) in [6.45, 7) is 5.83. The highest BCUT2D eigenvalue weighted by molar-refractivity contribution is 6.31. The van der Waals surface area contributed by atoms with Crippen molar-refractivity contribution in [2.75, 3.05) is 26.7 Å². The van der Waals surface area contributed by atoms with E-state index in [1.807, 2.05) is 24.3 Å². The minimum atomic E-state index is 0.279. The van der Waals surface area contributed by atoms with Gasteiger partial charge >= 0.3 is 0 Å². The van der Waals surface area contributed by atoms with Crippen molar-refractivity contribution >= 4 is 33.5 Å². The van der Waals surface area contributed by atoms with E-state index < -0.39 is 0 Å². The van der Waals surface area contributed by atoms with Crippen molar-refractivity contribution in [1.82, 2.24) is 0 Å². The Morgan fingerprint density at radius 1 is 1.16 bits per heavy atom. The Labute approximate surface area is 153 Å². The molecule has 0 spiro atoms. The molecule has 0 saturated carbocycles. The second-order valence-electron chi connectivity index (χ2n) is 7.53. The monoisotopic (exact) mass is 358 g/mol. The van der Waals surface area contributed by atoms with Gasteiger partial charge in [-0.25, -0.2) is 0 Å². The fourth-order valence-electron chi connectivity index (χ4n) is 4.21. The van der Waals surface area contributed by atoms with Gasteiger partial charge in [-0.2, -0.15) is 0 Å². The summed E-state index contributed by atoms with van der Waals surface area (Å²) in [4.78, 5) is 0. The van der Waals surface area contributed by atoms with Gasteiger partial charge < -0.3 is 13.6 Å². The van der Waals surface area contributed by atoms with Gasteiger partial charge in [-0.3, -0.25) is 0 Å². The molecule has 0 bridgehead atoms. The highest BCUT2D eigenvalue weighted by atomic mass is 35.5. The van der Waals surface area contributed by atoms with E-state index in [0.717, 1.165) is 45.1 Å². The van der Waals surface area contributed by atoms with E-state index in [0.29, 0.717) is 5.02 Å². The number of fused-ring (bicyclic) bond motifs is 3. The summed E-state index contributed by atoms with van der Waals surface area (Å²) < 4.78 is 13.4. The number of quaternary nitrogens is 1. The molecule has 3 nitrogen and oxygen atoms in total. The lowest BCUT2D eigenvalue weighted by Gasteiger charge is -2.41. The lowest BCUT2D eigenvalue weighted by molar-refractivity contribution is -0.916. The van der Waals surface area contributed by atoms with Crippen molar-refractivity contribution in [2.24, 2.45) is 0 Å². The molecule has 3 aromatic rings. The van der Waals surface area contributed by atoms with Gasteiger partial charge in [0.25, 0.3) is 0 Å². The standard InChI is InChI=1S/C21H25ClNO2/c1-3-10-23(2)11-4-5-17(14-23)24-16-7-9-19-18-8-6-15(22)12-20(18)25-21(19)13-16/h6-9,12-13,17H,3-5,10-11,14H2,1-2H3/q+1. The minimum Gasteiger partial charge on any atom is -0.484 e. The Hall–Kier alpha value is -1.71. The molecule has 4 heteroatoms. The van der Waals surface area contributed by atoms with Crippen LogP contribution in [0.25, 0.3) is 21.9 Å². The number of benzene rings is 2. The maximum Gasteiger partial charge on any atom is 0.148 e. The van der Waals surface area contributed by atoms with Gasteiger partial charge in [0.05, 0.1) is 20.1 Å². The normalized spacial score (nSPS) is 24.0. The molecule has 1 saturated heterocycles. The fourth-order valence-corrected chi connectivity index (χ4v) is 4.37. The van der Waals surface area contributed by atoms with Crippen LogP contribution in [-0.2, 0) is 0 Å². The van der Waals surface area contributed by atoms with E-state index >= 15 is 0 Å². The zero-order valence-electron chi connectivity index (χ0n) is 14.9. The van der Waals surface area contributed by atoms with Crippen LogP contribution in [0.4, 0.5) is 0 Å². The molecule has 2 aromatic carbocycles. The van der Waals surface area contributed by atoms with Crippen LogP contribution in [0.2, 0.25) is 5.02 Å². The van der Waals surface area contributed by atoms with Crippen molar-refractivity contribution < 1.29 is 13.6 Å². The van der Waals surface area contributed by atoms with Crippen molar-refractivity contribution in [3.63, 3.8) is 0 Å². The number of nitrogens with zero attached hydrogens (tertiary/aromatic N) is 1. The van der Waals surface area contributed by atoms with E-state index in [9.17, 15) is 0 Å². The number of piperidine rings is 1. The molecule has 1 aliphatic heterocycles. The maximum absolute atomic E-state index is 6.32. The molecular weight excluding hydrogens is 334 g/mol. The van der Waals surface area contributed by atoms with Crippen LogP contribution >= 0.6 is 11.6 Å². The van der Waals surface area contributed by atoms with E-state index in [2.05, 4.69) is 26.1 Å². The molecule has 2 heterocycles. The molecule has 0 N–H and O–H groups in total. The van der Waals surface area contributed by atoms with Gasteiger partial charge in [-0.1, -0.05) is 18.5 Å². The van der Waals surface area contributed by atoms with Crippen LogP contribution in [0.15, 0.2) is 40.8 Å². The summed E-state index contributed by atoms with van der Waals surface area (Å²) in [5.74, 6) is 0.896.